The van der Waals surface area contributed by atoms with E-state index >= 15 is 0 Å². The molecule has 20 heavy (non-hydrogen) atoms. The Morgan fingerprint density at radius 3 is 2.40 bits per heavy atom. The van der Waals surface area contributed by atoms with Crippen LogP contribution in [-0.2, 0) is 4.79 Å². The second-order valence-corrected chi connectivity index (χ2v) is 5.91. The van der Waals surface area contributed by atoms with Crippen LogP contribution in [0.3, 0.4) is 0 Å². The number of fused-ring (bicyclic) bond motifs is 2. The van der Waals surface area contributed by atoms with Gasteiger partial charge in [0.25, 0.3) is 0 Å². The molecule has 1 aromatic heterocycles. The van der Waals surface area contributed by atoms with Crippen molar-refractivity contribution in [3.05, 3.63) is 52.2 Å². The Hall–Kier alpha value is -2.20. The highest BCUT2D eigenvalue weighted by molar-refractivity contribution is 7.24. The standard InChI is InChI=1S/C16H13NO2S/c1-9-3-5-14-12(7-9)16(19)13-8-11(17-10(2)18)4-6-15(13)20-14/h3-8H,1-2H3,(H,17,18). The summed E-state index contributed by atoms with van der Waals surface area (Å²) < 4.78 is 1.92. The molecule has 0 fully saturated rings. The monoisotopic (exact) mass is 283 g/mol. The van der Waals surface area contributed by atoms with E-state index < -0.39 is 0 Å². The number of amides is 1. The van der Waals surface area contributed by atoms with Gasteiger partial charge in [-0.3, -0.25) is 9.59 Å². The minimum atomic E-state index is -0.142. The van der Waals surface area contributed by atoms with Crippen LogP contribution in [0.5, 0.6) is 0 Å². The van der Waals surface area contributed by atoms with Crippen molar-refractivity contribution in [2.24, 2.45) is 0 Å². The number of aryl methyl sites for hydroxylation is 1. The first-order valence-electron chi connectivity index (χ1n) is 6.29. The number of carbonyl (C=O) groups excluding carboxylic acids is 1. The SMILES string of the molecule is CC(=O)Nc1ccc2sc3ccc(C)cc3c(=O)c2c1. The van der Waals surface area contributed by atoms with Gasteiger partial charge in [-0.1, -0.05) is 11.6 Å². The summed E-state index contributed by atoms with van der Waals surface area (Å²) >= 11 is 1.59. The summed E-state index contributed by atoms with van der Waals surface area (Å²) in [5, 5.41) is 4.10. The average molecular weight is 283 g/mol. The van der Waals surface area contributed by atoms with Gasteiger partial charge in [-0.05, 0) is 37.3 Å². The van der Waals surface area contributed by atoms with E-state index in [1.807, 2.05) is 37.3 Å². The third-order valence-electron chi connectivity index (χ3n) is 3.14. The lowest BCUT2D eigenvalue weighted by atomic mass is 10.1. The molecule has 3 nitrogen and oxygen atoms in total. The van der Waals surface area contributed by atoms with E-state index in [2.05, 4.69) is 5.32 Å². The Balaban J connectivity index is 2.33. The molecule has 0 aliphatic heterocycles. The van der Waals surface area contributed by atoms with E-state index in [4.69, 9.17) is 0 Å². The van der Waals surface area contributed by atoms with Crippen molar-refractivity contribution in [2.45, 2.75) is 13.8 Å². The van der Waals surface area contributed by atoms with E-state index in [0.29, 0.717) is 11.1 Å². The van der Waals surface area contributed by atoms with E-state index in [-0.39, 0.29) is 11.3 Å². The molecule has 0 bridgehead atoms. The Bertz CT molecular complexity index is 896. The highest BCUT2D eigenvalue weighted by atomic mass is 32.1. The molecule has 0 aliphatic carbocycles. The maximum absolute atomic E-state index is 12.6. The van der Waals surface area contributed by atoms with Gasteiger partial charge in [0.05, 0.1) is 0 Å². The third kappa shape index (κ3) is 2.18. The van der Waals surface area contributed by atoms with E-state index in [1.165, 1.54) is 6.92 Å². The second kappa shape index (κ2) is 4.72. The molecule has 100 valence electrons. The summed E-state index contributed by atoms with van der Waals surface area (Å²) in [4.78, 5) is 23.7. The zero-order chi connectivity index (χ0) is 14.3. The molecule has 2 aromatic carbocycles. The quantitative estimate of drug-likeness (QED) is 0.692. The molecule has 0 unspecified atom stereocenters. The predicted molar refractivity (Wildman–Crippen MR) is 84.6 cm³/mol. The fourth-order valence-corrected chi connectivity index (χ4v) is 3.28. The van der Waals surface area contributed by atoms with Crippen molar-refractivity contribution >= 4 is 43.1 Å². The van der Waals surface area contributed by atoms with Crippen LogP contribution in [0.2, 0.25) is 0 Å². The van der Waals surface area contributed by atoms with E-state index in [1.54, 1.807) is 17.4 Å². The lowest BCUT2D eigenvalue weighted by molar-refractivity contribution is -0.114. The molecular weight excluding hydrogens is 270 g/mol. The summed E-state index contributed by atoms with van der Waals surface area (Å²) in [6.45, 7) is 3.43. The lowest BCUT2D eigenvalue weighted by Crippen LogP contribution is -2.07. The maximum Gasteiger partial charge on any atom is 0.221 e. The van der Waals surface area contributed by atoms with Gasteiger partial charge in [0.15, 0.2) is 5.43 Å². The molecule has 1 amide bonds. The van der Waals surface area contributed by atoms with Gasteiger partial charge in [-0.25, -0.2) is 0 Å². The number of anilines is 1. The molecule has 0 aliphatic rings. The third-order valence-corrected chi connectivity index (χ3v) is 4.30. The van der Waals surface area contributed by atoms with Gasteiger partial charge < -0.3 is 5.32 Å². The molecule has 0 atom stereocenters. The summed E-state index contributed by atoms with van der Waals surface area (Å²) in [6.07, 6.45) is 0. The highest BCUT2D eigenvalue weighted by Gasteiger charge is 2.07. The molecular formula is C16H13NO2S. The van der Waals surface area contributed by atoms with Crippen molar-refractivity contribution in [1.29, 1.82) is 0 Å². The summed E-state index contributed by atoms with van der Waals surface area (Å²) in [6, 6.07) is 11.4. The van der Waals surface area contributed by atoms with Crippen LogP contribution >= 0.6 is 11.3 Å². The Kier molecular flexibility index (Phi) is 3.03. The lowest BCUT2D eigenvalue weighted by Gasteiger charge is -2.05. The molecule has 0 spiro atoms. The smallest absolute Gasteiger partial charge is 0.221 e. The van der Waals surface area contributed by atoms with Gasteiger partial charge in [-0.2, -0.15) is 0 Å². The second-order valence-electron chi connectivity index (χ2n) is 4.82. The molecule has 0 saturated heterocycles. The summed E-state index contributed by atoms with van der Waals surface area (Å²) in [7, 11) is 0. The normalized spacial score (nSPS) is 10.9. The Labute approximate surface area is 119 Å². The van der Waals surface area contributed by atoms with Gasteiger partial charge >= 0.3 is 0 Å². The van der Waals surface area contributed by atoms with Crippen LogP contribution in [-0.4, -0.2) is 5.91 Å². The van der Waals surface area contributed by atoms with Crippen LogP contribution in [0.1, 0.15) is 12.5 Å². The van der Waals surface area contributed by atoms with Gasteiger partial charge in [0.2, 0.25) is 5.91 Å². The van der Waals surface area contributed by atoms with Crippen molar-refractivity contribution in [3.63, 3.8) is 0 Å². The van der Waals surface area contributed by atoms with Gasteiger partial charge in [-0.15, -0.1) is 11.3 Å². The molecule has 4 heteroatoms. The molecule has 3 aromatic rings. The van der Waals surface area contributed by atoms with Crippen molar-refractivity contribution in [3.8, 4) is 0 Å². The average Bonchev–Trinajstić information content (AvgIpc) is 2.40. The van der Waals surface area contributed by atoms with Crippen LogP contribution < -0.4 is 10.7 Å². The fourth-order valence-electron chi connectivity index (χ4n) is 2.25. The zero-order valence-corrected chi connectivity index (χ0v) is 12.0. The first-order chi connectivity index (χ1) is 9.54. The number of rotatable bonds is 1. The minimum absolute atomic E-state index is 0.0182. The number of benzene rings is 2. The first-order valence-corrected chi connectivity index (χ1v) is 7.11. The number of hydrogen-bond acceptors (Lipinski definition) is 3. The van der Waals surface area contributed by atoms with Gasteiger partial charge in [0.1, 0.15) is 0 Å². The molecule has 1 heterocycles. The van der Waals surface area contributed by atoms with Crippen LogP contribution in [0.25, 0.3) is 20.2 Å². The number of hydrogen-bond donors (Lipinski definition) is 1. The Morgan fingerprint density at radius 1 is 1.05 bits per heavy atom. The fraction of sp³-hybridized carbons (Fsp3) is 0.125. The first kappa shape index (κ1) is 12.8. The molecule has 3 rings (SSSR count). The van der Waals surface area contributed by atoms with E-state index in [0.717, 1.165) is 20.3 Å². The molecule has 0 saturated carbocycles. The van der Waals surface area contributed by atoms with E-state index in [9.17, 15) is 9.59 Å². The Morgan fingerprint density at radius 2 is 1.70 bits per heavy atom. The van der Waals surface area contributed by atoms with Crippen molar-refractivity contribution in [2.75, 3.05) is 5.32 Å². The van der Waals surface area contributed by atoms with Gasteiger partial charge in [0, 0.05) is 32.8 Å². The van der Waals surface area contributed by atoms with Crippen LogP contribution in [0.4, 0.5) is 5.69 Å². The number of carbonyl (C=O) groups is 1. The largest absolute Gasteiger partial charge is 0.326 e. The highest BCUT2D eigenvalue weighted by Crippen LogP contribution is 2.27. The predicted octanol–water partition coefficient (Wildman–Crippen LogP) is 3.68. The number of nitrogens with one attached hydrogen (secondary N) is 1. The molecule has 1 N–H and O–H groups in total. The van der Waals surface area contributed by atoms with Crippen LogP contribution in [0.15, 0.2) is 41.2 Å². The van der Waals surface area contributed by atoms with Crippen LogP contribution in [0, 0.1) is 6.92 Å². The zero-order valence-electron chi connectivity index (χ0n) is 11.2. The topological polar surface area (TPSA) is 46.2 Å². The minimum Gasteiger partial charge on any atom is -0.326 e. The molecule has 0 radical (unpaired) electrons. The maximum atomic E-state index is 12.6. The van der Waals surface area contributed by atoms with Crippen molar-refractivity contribution < 1.29 is 4.79 Å². The summed E-state index contributed by atoms with van der Waals surface area (Å²) in [5.41, 5.74) is 1.74. The summed E-state index contributed by atoms with van der Waals surface area (Å²) in [5.74, 6) is -0.142. The van der Waals surface area contributed by atoms with Crippen molar-refractivity contribution in [1.82, 2.24) is 0 Å².